The number of hydrogen-bond donors (Lipinski definition) is 2. The zero-order valence-electron chi connectivity index (χ0n) is 12.5. The van der Waals surface area contributed by atoms with Gasteiger partial charge in [0.05, 0.1) is 12.1 Å². The molecule has 0 aliphatic carbocycles. The van der Waals surface area contributed by atoms with Crippen LogP contribution in [0.4, 0.5) is 0 Å². The van der Waals surface area contributed by atoms with E-state index < -0.39 is 0 Å². The molecule has 1 amide bonds. The van der Waals surface area contributed by atoms with Crippen molar-refractivity contribution in [2.24, 2.45) is 11.1 Å². The molecule has 1 rings (SSSR count). The molecule has 1 heterocycles. The third-order valence-corrected chi connectivity index (χ3v) is 3.36. The molecule has 0 bridgehead atoms. The molecule has 19 heavy (non-hydrogen) atoms. The molecule has 0 aliphatic rings. The summed E-state index contributed by atoms with van der Waals surface area (Å²) in [5, 5.41) is 3.01. The van der Waals surface area contributed by atoms with Crippen molar-refractivity contribution in [3.8, 4) is 0 Å². The quantitative estimate of drug-likeness (QED) is 0.818. The fraction of sp³-hybridized carbons (Fsp3) is 0.643. The molecule has 0 aliphatic heterocycles. The van der Waals surface area contributed by atoms with E-state index >= 15 is 0 Å². The minimum Gasteiger partial charge on any atom is -0.467 e. The number of furan rings is 1. The maximum Gasteiger partial charge on any atom is 0.254 e. The summed E-state index contributed by atoms with van der Waals surface area (Å²) in [6.45, 7) is 7.49. The van der Waals surface area contributed by atoms with Crippen LogP contribution in [-0.2, 0) is 6.54 Å². The molecule has 3 N–H and O–H groups in total. The Hall–Kier alpha value is -1.33. The zero-order valence-corrected chi connectivity index (χ0v) is 12.5. The number of rotatable bonds is 6. The van der Waals surface area contributed by atoms with E-state index in [9.17, 15) is 4.79 Å². The molecule has 0 radical (unpaired) electrons. The average Bonchev–Trinajstić information content (AvgIpc) is 2.75. The molecule has 0 spiro atoms. The van der Waals surface area contributed by atoms with Crippen molar-refractivity contribution >= 4 is 5.91 Å². The highest BCUT2D eigenvalue weighted by Gasteiger charge is 2.28. The van der Waals surface area contributed by atoms with Gasteiger partial charge in [-0.3, -0.25) is 4.79 Å². The van der Waals surface area contributed by atoms with Gasteiger partial charge in [0.2, 0.25) is 0 Å². The number of amides is 1. The lowest BCUT2D eigenvalue weighted by Gasteiger charge is -2.34. The van der Waals surface area contributed by atoms with Crippen molar-refractivity contribution in [1.29, 1.82) is 0 Å². The maximum absolute atomic E-state index is 12.1. The van der Waals surface area contributed by atoms with Crippen molar-refractivity contribution in [2.75, 3.05) is 20.6 Å². The van der Waals surface area contributed by atoms with Crippen molar-refractivity contribution in [2.45, 2.75) is 33.4 Å². The van der Waals surface area contributed by atoms with Gasteiger partial charge in [-0.05, 0) is 32.5 Å². The van der Waals surface area contributed by atoms with Crippen molar-refractivity contribution in [3.63, 3.8) is 0 Å². The fourth-order valence-corrected chi connectivity index (χ4v) is 2.03. The second kappa shape index (κ2) is 6.21. The summed E-state index contributed by atoms with van der Waals surface area (Å²) in [5.41, 5.74) is 5.96. The number of carbonyl (C=O) groups excluding carboxylic acids is 1. The Bertz CT molecular complexity index is 424. The van der Waals surface area contributed by atoms with Gasteiger partial charge in [-0.2, -0.15) is 0 Å². The second-order valence-electron chi connectivity index (χ2n) is 5.93. The molecular formula is C14H25N3O2. The summed E-state index contributed by atoms with van der Waals surface area (Å²) in [7, 11) is 4.06. The van der Waals surface area contributed by atoms with Crippen LogP contribution < -0.4 is 11.1 Å². The van der Waals surface area contributed by atoms with E-state index in [4.69, 9.17) is 10.2 Å². The summed E-state index contributed by atoms with van der Waals surface area (Å²) >= 11 is 0. The molecule has 1 unspecified atom stereocenters. The molecular weight excluding hydrogens is 242 g/mol. The van der Waals surface area contributed by atoms with E-state index in [2.05, 4.69) is 24.1 Å². The Morgan fingerprint density at radius 2 is 2.16 bits per heavy atom. The Balaban J connectivity index is 2.65. The van der Waals surface area contributed by atoms with Gasteiger partial charge in [-0.15, -0.1) is 0 Å². The molecule has 5 nitrogen and oxygen atoms in total. The topological polar surface area (TPSA) is 71.5 Å². The maximum atomic E-state index is 12.1. The molecule has 1 atom stereocenters. The van der Waals surface area contributed by atoms with Gasteiger partial charge in [0.25, 0.3) is 5.91 Å². The van der Waals surface area contributed by atoms with Gasteiger partial charge in [-0.25, -0.2) is 0 Å². The Morgan fingerprint density at radius 1 is 1.53 bits per heavy atom. The largest absolute Gasteiger partial charge is 0.467 e. The lowest BCUT2D eigenvalue weighted by molar-refractivity contribution is 0.0885. The van der Waals surface area contributed by atoms with Crippen LogP contribution in [0.25, 0.3) is 0 Å². The zero-order chi connectivity index (χ0) is 14.6. The second-order valence-corrected chi connectivity index (χ2v) is 5.93. The smallest absolute Gasteiger partial charge is 0.254 e. The van der Waals surface area contributed by atoms with Gasteiger partial charge in [-0.1, -0.05) is 13.8 Å². The number of carbonyl (C=O) groups is 1. The minimum absolute atomic E-state index is 0.0143. The van der Waals surface area contributed by atoms with Crippen molar-refractivity contribution in [3.05, 3.63) is 23.7 Å². The lowest BCUT2D eigenvalue weighted by Crippen LogP contribution is -2.47. The molecule has 0 saturated carbocycles. The number of nitrogens with zero attached hydrogens (tertiary/aromatic N) is 1. The summed E-state index contributed by atoms with van der Waals surface area (Å²) in [6, 6.07) is 1.74. The van der Waals surface area contributed by atoms with Gasteiger partial charge in [0.1, 0.15) is 12.0 Å². The van der Waals surface area contributed by atoms with Gasteiger partial charge < -0.3 is 20.4 Å². The van der Waals surface area contributed by atoms with Crippen molar-refractivity contribution < 1.29 is 9.21 Å². The third-order valence-electron chi connectivity index (χ3n) is 3.36. The van der Waals surface area contributed by atoms with Crippen LogP contribution in [0, 0.1) is 5.41 Å². The highest BCUT2D eigenvalue weighted by atomic mass is 16.3. The van der Waals surface area contributed by atoms with Gasteiger partial charge in [0.15, 0.2) is 0 Å². The molecule has 0 aromatic carbocycles. The highest BCUT2D eigenvalue weighted by Crippen LogP contribution is 2.21. The highest BCUT2D eigenvalue weighted by molar-refractivity contribution is 5.94. The fourth-order valence-electron chi connectivity index (χ4n) is 2.03. The first kappa shape index (κ1) is 15.7. The lowest BCUT2D eigenvalue weighted by atomic mass is 9.85. The Labute approximate surface area is 115 Å². The number of nitrogens with two attached hydrogens (primary N) is 1. The third kappa shape index (κ3) is 4.36. The van der Waals surface area contributed by atoms with E-state index in [1.54, 1.807) is 6.07 Å². The molecule has 0 fully saturated rings. The molecule has 1 aromatic heterocycles. The molecule has 108 valence electrons. The predicted octanol–water partition coefficient (Wildman–Crippen LogP) is 1.44. The summed E-state index contributed by atoms with van der Waals surface area (Å²) in [6.07, 6.45) is 1.45. The van der Waals surface area contributed by atoms with Gasteiger partial charge >= 0.3 is 0 Å². The van der Waals surface area contributed by atoms with E-state index in [1.165, 1.54) is 6.26 Å². The first-order valence-corrected chi connectivity index (χ1v) is 6.49. The van der Waals surface area contributed by atoms with Crippen LogP contribution in [0.1, 0.15) is 36.9 Å². The monoisotopic (exact) mass is 267 g/mol. The summed E-state index contributed by atoms with van der Waals surface area (Å²) < 4.78 is 5.17. The van der Waals surface area contributed by atoms with E-state index in [0.29, 0.717) is 17.9 Å². The number of hydrogen-bond acceptors (Lipinski definition) is 4. The first-order chi connectivity index (χ1) is 8.76. The average molecular weight is 267 g/mol. The van der Waals surface area contributed by atoms with Crippen molar-refractivity contribution in [1.82, 2.24) is 10.2 Å². The van der Waals surface area contributed by atoms with E-state index in [-0.39, 0.29) is 17.4 Å². The van der Waals surface area contributed by atoms with Crippen LogP contribution >= 0.6 is 0 Å². The standard InChI is InChI=1S/C14H25N3O2/c1-10(14(2,3)9-17(4)5)16-13(18)11-6-12(7-15)19-8-11/h6,8,10H,7,9,15H2,1-5H3,(H,16,18). The normalized spacial score (nSPS) is 13.6. The Kier molecular flexibility index (Phi) is 5.14. The predicted molar refractivity (Wildman–Crippen MR) is 75.9 cm³/mol. The Morgan fingerprint density at radius 3 is 2.63 bits per heavy atom. The molecule has 5 heteroatoms. The minimum atomic E-state index is -0.122. The number of nitrogens with one attached hydrogen (secondary N) is 1. The van der Waals surface area contributed by atoms with Crippen LogP contribution in [0.5, 0.6) is 0 Å². The van der Waals surface area contributed by atoms with E-state index in [0.717, 1.165) is 6.54 Å². The molecule has 0 saturated heterocycles. The SMILES string of the molecule is CC(NC(=O)c1coc(CN)c1)C(C)(C)CN(C)C. The summed E-state index contributed by atoms with van der Waals surface area (Å²) in [4.78, 5) is 14.2. The van der Waals surface area contributed by atoms with Crippen LogP contribution in [0.3, 0.4) is 0 Å². The molecule has 1 aromatic rings. The van der Waals surface area contributed by atoms with E-state index in [1.807, 2.05) is 21.0 Å². The summed E-state index contributed by atoms with van der Waals surface area (Å²) in [5.74, 6) is 0.494. The van der Waals surface area contributed by atoms with Crippen LogP contribution in [0.15, 0.2) is 16.7 Å². The van der Waals surface area contributed by atoms with Crippen LogP contribution in [0.2, 0.25) is 0 Å². The van der Waals surface area contributed by atoms with Gasteiger partial charge in [0, 0.05) is 12.6 Å². The first-order valence-electron chi connectivity index (χ1n) is 6.49. The van der Waals surface area contributed by atoms with Crippen LogP contribution in [-0.4, -0.2) is 37.5 Å².